The summed E-state index contributed by atoms with van der Waals surface area (Å²) in [5.74, 6) is -0.907. The third-order valence-corrected chi connectivity index (χ3v) is 9.84. The Balaban J connectivity index is 1.82. The van der Waals surface area contributed by atoms with Crippen molar-refractivity contribution in [1.82, 2.24) is 0 Å². The molecule has 17 heteroatoms. The average Bonchev–Trinajstić information content (AvgIpc) is 3.38. The van der Waals surface area contributed by atoms with Gasteiger partial charge in [-0.15, -0.1) is 11.3 Å². The lowest BCUT2D eigenvalue weighted by Crippen LogP contribution is -2.22. The van der Waals surface area contributed by atoms with Gasteiger partial charge in [0.05, 0.1) is 17.6 Å². The number of fused-ring (bicyclic) bond motifs is 1. The molecule has 12 nitrogen and oxygen atoms in total. The number of nitro groups is 1. The van der Waals surface area contributed by atoms with Crippen LogP contribution in [0.2, 0.25) is 0 Å². The number of carbonyl (C=O) groups is 3. The molecule has 1 aromatic heterocycles. The third kappa shape index (κ3) is 9.53. The van der Waals surface area contributed by atoms with Crippen LogP contribution in [-0.4, -0.2) is 47.4 Å². The van der Waals surface area contributed by atoms with Crippen LogP contribution in [0, 0.1) is 15.5 Å². The number of hydrogen-bond acceptors (Lipinski definition) is 13. The molecular weight excluding hydrogens is 659 g/mol. The van der Waals surface area contributed by atoms with Gasteiger partial charge in [-0.25, -0.2) is 9.59 Å². The molecule has 0 fully saturated rings. The molecule has 3 rings (SSSR count). The van der Waals surface area contributed by atoms with Crippen molar-refractivity contribution in [3.8, 4) is 5.75 Å². The zero-order valence-electron chi connectivity index (χ0n) is 24.8. The van der Waals surface area contributed by atoms with Gasteiger partial charge < -0.3 is 18.7 Å². The quantitative estimate of drug-likeness (QED) is 0.0323. The third-order valence-electron chi connectivity index (χ3n) is 5.59. The largest absolute Gasteiger partial charge is 0.510 e. The minimum absolute atomic E-state index is 0.0346. The van der Waals surface area contributed by atoms with E-state index in [4.69, 9.17) is 18.5 Å². The van der Waals surface area contributed by atoms with E-state index in [1.807, 2.05) is 0 Å². The zero-order chi connectivity index (χ0) is 33.6. The molecule has 0 aliphatic carbocycles. The summed E-state index contributed by atoms with van der Waals surface area (Å²) in [5, 5.41) is 10.8. The monoisotopic (exact) mass is 689 g/mol. The molecule has 0 bridgehead atoms. The Morgan fingerprint density at radius 3 is 2.31 bits per heavy atom. The van der Waals surface area contributed by atoms with Crippen molar-refractivity contribution in [2.75, 3.05) is 19.2 Å². The number of thiophene rings is 1. The summed E-state index contributed by atoms with van der Waals surface area (Å²) in [6.45, 7) is 6.37. The molecule has 244 valence electrons. The second-order valence-electron chi connectivity index (χ2n) is 10.6. The summed E-state index contributed by atoms with van der Waals surface area (Å²) in [7, 11) is -5.41. The smallest absolute Gasteiger partial charge is 0.432 e. The van der Waals surface area contributed by atoms with Gasteiger partial charge >= 0.3 is 25.4 Å². The van der Waals surface area contributed by atoms with Gasteiger partial charge in [0.15, 0.2) is 5.12 Å². The first-order valence-electron chi connectivity index (χ1n) is 13.2. The summed E-state index contributed by atoms with van der Waals surface area (Å²) >= 11 is 1.75. The average molecular weight is 690 g/mol. The fraction of sp³-hybridized carbons (Fsp3) is 0.393. The fourth-order valence-electron chi connectivity index (χ4n) is 3.36. The number of carbonyl (C=O) groups excluding carboxylic acids is 3. The van der Waals surface area contributed by atoms with Crippen molar-refractivity contribution in [1.29, 1.82) is 0 Å². The Bertz CT molecular complexity index is 1600. The molecule has 0 saturated carbocycles. The lowest BCUT2D eigenvalue weighted by molar-refractivity contribution is -0.384. The van der Waals surface area contributed by atoms with Crippen molar-refractivity contribution in [2.45, 2.75) is 46.4 Å². The Morgan fingerprint density at radius 1 is 1.04 bits per heavy atom. The van der Waals surface area contributed by atoms with Crippen LogP contribution in [0.5, 0.6) is 5.75 Å². The molecule has 0 N–H and O–H groups in total. The predicted octanol–water partition coefficient (Wildman–Crippen LogP) is 8.13. The van der Waals surface area contributed by atoms with E-state index >= 15 is 8.78 Å². The first kappa shape index (κ1) is 36.0. The SMILES string of the molecule is CC(C)OC(=O)OCOP(=O)(OCCSC(=O)C(C)(C)C)C(F)(F)c1ccc2sc(C(=O)Oc3ccc([N+](=O)[O-])cc3)cc2c1. The highest BCUT2D eigenvalue weighted by Crippen LogP contribution is 2.67. The van der Waals surface area contributed by atoms with Crippen LogP contribution in [0.15, 0.2) is 48.5 Å². The molecule has 1 unspecified atom stereocenters. The number of nitrogens with zero attached hydrogens (tertiary/aromatic N) is 1. The highest BCUT2D eigenvalue weighted by Gasteiger charge is 2.55. The van der Waals surface area contributed by atoms with Crippen LogP contribution < -0.4 is 4.74 Å². The number of ether oxygens (including phenoxy) is 3. The van der Waals surface area contributed by atoms with Crippen LogP contribution in [0.25, 0.3) is 10.1 Å². The summed E-state index contributed by atoms with van der Waals surface area (Å²) in [6, 6.07) is 9.35. The number of rotatable bonds is 13. The summed E-state index contributed by atoms with van der Waals surface area (Å²) < 4.78 is 70.3. The number of thioether (sulfide) groups is 1. The zero-order valence-corrected chi connectivity index (χ0v) is 27.3. The van der Waals surface area contributed by atoms with Gasteiger partial charge in [0.25, 0.3) is 5.69 Å². The van der Waals surface area contributed by atoms with E-state index in [1.165, 1.54) is 38.1 Å². The molecule has 1 atom stereocenters. The molecule has 0 spiro atoms. The summed E-state index contributed by atoms with van der Waals surface area (Å²) in [4.78, 5) is 46.8. The van der Waals surface area contributed by atoms with E-state index in [1.54, 1.807) is 20.8 Å². The number of non-ortho nitro benzene ring substituents is 1. The normalized spacial score (nSPS) is 13.3. The van der Waals surface area contributed by atoms with E-state index in [2.05, 4.69) is 4.74 Å². The molecule has 0 radical (unpaired) electrons. The number of esters is 1. The van der Waals surface area contributed by atoms with Crippen molar-refractivity contribution < 1.29 is 55.9 Å². The van der Waals surface area contributed by atoms with Crippen LogP contribution >= 0.6 is 30.7 Å². The minimum atomic E-state index is -5.41. The highest BCUT2D eigenvalue weighted by molar-refractivity contribution is 8.13. The van der Waals surface area contributed by atoms with E-state index < -0.39 is 60.8 Å². The van der Waals surface area contributed by atoms with E-state index in [9.17, 15) is 29.1 Å². The number of benzene rings is 2. The van der Waals surface area contributed by atoms with Gasteiger partial charge in [-0.2, -0.15) is 8.78 Å². The second-order valence-corrected chi connectivity index (χ2v) is 14.8. The maximum Gasteiger partial charge on any atom is 0.510 e. The predicted molar refractivity (Wildman–Crippen MR) is 163 cm³/mol. The van der Waals surface area contributed by atoms with Crippen molar-refractivity contribution in [3.63, 3.8) is 0 Å². The molecule has 45 heavy (non-hydrogen) atoms. The second kappa shape index (κ2) is 14.8. The van der Waals surface area contributed by atoms with Gasteiger partial charge in [-0.05, 0) is 49.6 Å². The van der Waals surface area contributed by atoms with Gasteiger partial charge in [0.1, 0.15) is 10.6 Å². The van der Waals surface area contributed by atoms with Crippen LogP contribution in [-0.2, 0) is 33.5 Å². The van der Waals surface area contributed by atoms with Gasteiger partial charge in [0, 0.05) is 33.6 Å². The van der Waals surface area contributed by atoms with E-state index in [0.717, 1.165) is 47.4 Å². The van der Waals surface area contributed by atoms with E-state index in [0.29, 0.717) is 4.70 Å². The molecule has 0 aliphatic rings. The first-order valence-corrected chi connectivity index (χ1v) is 16.6. The number of nitro benzene ring substituents is 1. The topological polar surface area (TPSA) is 158 Å². The maximum absolute atomic E-state index is 15.9. The lowest BCUT2D eigenvalue weighted by atomic mass is 10.00. The Labute approximate surface area is 265 Å². The van der Waals surface area contributed by atoms with Crippen molar-refractivity contribution >= 4 is 63.7 Å². The van der Waals surface area contributed by atoms with Gasteiger partial charge in [0.2, 0.25) is 6.79 Å². The molecule has 0 aliphatic heterocycles. The molecule has 2 aromatic carbocycles. The molecule has 0 saturated heterocycles. The number of halogens is 2. The fourth-order valence-corrected chi connectivity index (χ4v) is 6.57. The Hall–Kier alpha value is -3.43. The maximum atomic E-state index is 15.9. The van der Waals surface area contributed by atoms with E-state index in [-0.39, 0.29) is 32.6 Å². The van der Waals surface area contributed by atoms with Crippen LogP contribution in [0.1, 0.15) is 49.9 Å². The number of hydrogen-bond donors (Lipinski definition) is 0. The molecule has 0 amide bonds. The molecule has 3 aromatic rings. The van der Waals surface area contributed by atoms with Gasteiger partial charge in [-0.1, -0.05) is 38.6 Å². The molecule has 1 heterocycles. The van der Waals surface area contributed by atoms with Crippen molar-refractivity contribution in [3.05, 3.63) is 69.1 Å². The number of alkyl halides is 2. The Kier molecular flexibility index (Phi) is 11.8. The standard InChI is InChI=1S/C28H30F2NO11PS2/c1-17(2)41-26(34)38-16-40-43(37,39-12-13-44-25(33)27(3,4)5)28(29,30)19-6-11-22-18(14-19)15-23(45-22)24(32)42-21-9-7-20(8-10-21)31(35)36/h6-11,14-15,17H,12-13,16H2,1-5H3. The minimum Gasteiger partial charge on any atom is -0.432 e. The lowest BCUT2D eigenvalue weighted by Gasteiger charge is -2.26. The highest BCUT2D eigenvalue weighted by atomic mass is 32.2. The van der Waals surface area contributed by atoms with Crippen LogP contribution in [0.3, 0.4) is 0 Å². The summed E-state index contributed by atoms with van der Waals surface area (Å²) in [5.41, 5.74) is -5.96. The summed E-state index contributed by atoms with van der Waals surface area (Å²) in [6.07, 6.45) is -1.81. The first-order chi connectivity index (χ1) is 20.9. The van der Waals surface area contributed by atoms with Crippen LogP contribution in [0.4, 0.5) is 19.3 Å². The Morgan fingerprint density at radius 2 is 1.71 bits per heavy atom. The van der Waals surface area contributed by atoms with Crippen molar-refractivity contribution in [2.24, 2.45) is 5.41 Å². The van der Waals surface area contributed by atoms with Gasteiger partial charge in [-0.3, -0.25) is 24.0 Å². The molecular formula is C28H30F2NO11PS2.